The van der Waals surface area contributed by atoms with Crippen LogP contribution in [0.25, 0.3) is 0 Å². The lowest BCUT2D eigenvalue weighted by Gasteiger charge is -2.16. The zero-order valence-electron chi connectivity index (χ0n) is 16.4. The minimum Gasteiger partial charge on any atom is -0.483 e. The number of aromatic nitrogens is 3. The van der Waals surface area contributed by atoms with Crippen molar-refractivity contribution in [3.8, 4) is 5.75 Å². The van der Waals surface area contributed by atoms with Crippen LogP contribution in [0.15, 0.2) is 60.3 Å². The second kappa shape index (κ2) is 10.2. The number of hydrogen-bond donors (Lipinski definition) is 0. The number of thioether (sulfide) groups is 1. The molecule has 0 aliphatic heterocycles. The number of allylic oxidation sites excluding steroid dienone is 1. The Morgan fingerprint density at radius 1 is 1.10 bits per heavy atom. The lowest BCUT2D eigenvalue weighted by molar-refractivity contribution is 0.210. The molecule has 1 aromatic heterocycles. The van der Waals surface area contributed by atoms with Gasteiger partial charge in [0.1, 0.15) is 5.75 Å². The van der Waals surface area contributed by atoms with E-state index in [1.54, 1.807) is 17.8 Å². The van der Waals surface area contributed by atoms with Crippen LogP contribution >= 0.6 is 35.0 Å². The minimum atomic E-state index is -0.241. The van der Waals surface area contributed by atoms with E-state index in [-0.39, 0.29) is 6.10 Å². The molecule has 1 unspecified atom stereocenters. The van der Waals surface area contributed by atoms with Crippen LogP contribution in [0.3, 0.4) is 0 Å². The highest BCUT2D eigenvalue weighted by atomic mass is 35.5. The summed E-state index contributed by atoms with van der Waals surface area (Å²) in [5, 5.41) is 10.7. The van der Waals surface area contributed by atoms with E-state index < -0.39 is 0 Å². The first kappa shape index (κ1) is 21.8. The van der Waals surface area contributed by atoms with Gasteiger partial charge in [-0.25, -0.2) is 0 Å². The van der Waals surface area contributed by atoms with E-state index >= 15 is 0 Å². The standard InChI is InChI=1S/C22H23Cl2N3OS/c1-4-12-27-21(15(3)28-18-9-6-16(5-2)7-10-18)25-26-22(27)29-14-17-8-11-19(23)20(24)13-17/h4,6-11,13,15H,1,5,12,14H2,2-3H3. The Labute approximate surface area is 185 Å². The molecular weight excluding hydrogens is 425 g/mol. The van der Waals surface area contributed by atoms with Crippen molar-refractivity contribution in [2.75, 3.05) is 0 Å². The van der Waals surface area contributed by atoms with Gasteiger partial charge in [-0.1, -0.05) is 66.2 Å². The summed E-state index contributed by atoms with van der Waals surface area (Å²) in [5.74, 6) is 2.29. The van der Waals surface area contributed by atoms with E-state index in [0.29, 0.717) is 22.3 Å². The summed E-state index contributed by atoms with van der Waals surface area (Å²) in [4.78, 5) is 0. The average Bonchev–Trinajstić information content (AvgIpc) is 3.12. The Balaban J connectivity index is 1.74. The van der Waals surface area contributed by atoms with Crippen molar-refractivity contribution in [1.82, 2.24) is 14.8 Å². The average molecular weight is 448 g/mol. The lowest BCUT2D eigenvalue weighted by Crippen LogP contribution is -2.12. The lowest BCUT2D eigenvalue weighted by atomic mass is 10.2. The molecule has 0 spiro atoms. The third-order valence-corrected chi connectivity index (χ3v) is 6.19. The Kier molecular flexibility index (Phi) is 7.64. The van der Waals surface area contributed by atoms with Crippen molar-refractivity contribution in [1.29, 1.82) is 0 Å². The van der Waals surface area contributed by atoms with Crippen LogP contribution in [0.5, 0.6) is 5.75 Å². The second-order valence-electron chi connectivity index (χ2n) is 6.53. The fourth-order valence-electron chi connectivity index (χ4n) is 2.85. The van der Waals surface area contributed by atoms with Crippen molar-refractivity contribution < 1.29 is 4.74 Å². The summed E-state index contributed by atoms with van der Waals surface area (Å²) >= 11 is 13.7. The van der Waals surface area contributed by atoms with E-state index in [9.17, 15) is 0 Å². The number of hydrogen-bond acceptors (Lipinski definition) is 4. The van der Waals surface area contributed by atoms with Gasteiger partial charge in [-0.05, 0) is 48.7 Å². The van der Waals surface area contributed by atoms with Crippen LogP contribution < -0.4 is 4.74 Å². The summed E-state index contributed by atoms with van der Waals surface area (Å²) in [6.45, 7) is 8.58. The predicted molar refractivity (Wildman–Crippen MR) is 121 cm³/mol. The van der Waals surface area contributed by atoms with Gasteiger partial charge in [0.2, 0.25) is 0 Å². The van der Waals surface area contributed by atoms with Crippen LogP contribution in [0, 0.1) is 0 Å². The summed E-state index contributed by atoms with van der Waals surface area (Å²) in [7, 11) is 0. The van der Waals surface area contributed by atoms with Crippen molar-refractivity contribution in [2.24, 2.45) is 0 Å². The first-order valence-corrected chi connectivity index (χ1v) is 11.1. The van der Waals surface area contributed by atoms with Crippen LogP contribution in [-0.2, 0) is 18.7 Å². The van der Waals surface area contributed by atoms with Gasteiger partial charge < -0.3 is 4.74 Å². The van der Waals surface area contributed by atoms with Crippen LogP contribution in [0.4, 0.5) is 0 Å². The first-order valence-electron chi connectivity index (χ1n) is 9.38. The number of aryl methyl sites for hydroxylation is 1. The molecule has 0 radical (unpaired) electrons. The fraction of sp³-hybridized carbons (Fsp3) is 0.273. The fourth-order valence-corrected chi connectivity index (χ4v) is 4.06. The maximum atomic E-state index is 6.11. The van der Waals surface area contributed by atoms with Crippen LogP contribution in [0.1, 0.15) is 36.9 Å². The maximum absolute atomic E-state index is 6.11. The van der Waals surface area contributed by atoms with E-state index in [1.165, 1.54) is 5.56 Å². The van der Waals surface area contributed by atoms with Gasteiger partial charge in [0.05, 0.1) is 10.0 Å². The van der Waals surface area contributed by atoms with Crippen LogP contribution in [-0.4, -0.2) is 14.8 Å². The van der Waals surface area contributed by atoms with Crippen molar-refractivity contribution in [3.63, 3.8) is 0 Å². The van der Waals surface area contributed by atoms with Crippen molar-refractivity contribution in [3.05, 3.63) is 82.1 Å². The highest BCUT2D eigenvalue weighted by Crippen LogP contribution is 2.29. The first-order chi connectivity index (χ1) is 14.0. The van der Waals surface area contributed by atoms with Gasteiger partial charge >= 0.3 is 0 Å². The van der Waals surface area contributed by atoms with Crippen molar-refractivity contribution in [2.45, 2.75) is 43.8 Å². The maximum Gasteiger partial charge on any atom is 0.191 e. The molecule has 0 saturated carbocycles. The smallest absolute Gasteiger partial charge is 0.191 e. The summed E-state index contributed by atoms with van der Waals surface area (Å²) in [5.41, 5.74) is 2.35. The monoisotopic (exact) mass is 447 g/mol. The van der Waals surface area contributed by atoms with Gasteiger partial charge in [0.15, 0.2) is 17.1 Å². The van der Waals surface area contributed by atoms with Gasteiger partial charge in [-0.3, -0.25) is 4.57 Å². The summed E-state index contributed by atoms with van der Waals surface area (Å²) in [6.07, 6.45) is 2.59. The molecule has 0 saturated heterocycles. The van der Waals surface area contributed by atoms with Gasteiger partial charge in [0.25, 0.3) is 0 Å². The third-order valence-electron chi connectivity index (χ3n) is 4.42. The minimum absolute atomic E-state index is 0.241. The Morgan fingerprint density at radius 3 is 2.48 bits per heavy atom. The highest BCUT2D eigenvalue weighted by Gasteiger charge is 2.19. The predicted octanol–water partition coefficient (Wildman–Crippen LogP) is 6.77. The van der Waals surface area contributed by atoms with E-state index in [0.717, 1.165) is 28.7 Å². The van der Waals surface area contributed by atoms with Gasteiger partial charge in [-0.15, -0.1) is 16.8 Å². The highest BCUT2D eigenvalue weighted by molar-refractivity contribution is 7.98. The molecule has 2 aromatic carbocycles. The molecule has 152 valence electrons. The molecule has 29 heavy (non-hydrogen) atoms. The molecule has 0 N–H and O–H groups in total. The molecule has 1 heterocycles. The number of nitrogens with zero attached hydrogens (tertiary/aromatic N) is 3. The second-order valence-corrected chi connectivity index (χ2v) is 8.29. The number of rotatable bonds is 9. The molecule has 4 nitrogen and oxygen atoms in total. The Bertz CT molecular complexity index is 973. The molecule has 3 aromatic rings. The SMILES string of the molecule is C=CCn1c(SCc2ccc(Cl)c(Cl)c2)nnc1C(C)Oc1ccc(CC)cc1. The molecular formula is C22H23Cl2N3OS. The van der Waals surface area contributed by atoms with Crippen LogP contribution in [0.2, 0.25) is 10.0 Å². The topological polar surface area (TPSA) is 39.9 Å². The summed E-state index contributed by atoms with van der Waals surface area (Å²) < 4.78 is 8.12. The molecule has 1 atom stereocenters. The van der Waals surface area contributed by atoms with E-state index in [1.807, 2.05) is 41.8 Å². The molecule has 3 rings (SSSR count). The zero-order valence-corrected chi connectivity index (χ0v) is 18.8. The van der Waals surface area contributed by atoms with Crippen molar-refractivity contribution >= 4 is 35.0 Å². The number of ether oxygens (including phenoxy) is 1. The zero-order chi connectivity index (χ0) is 20.8. The van der Waals surface area contributed by atoms with Gasteiger partial charge in [0, 0.05) is 12.3 Å². The summed E-state index contributed by atoms with van der Waals surface area (Å²) in [6, 6.07) is 13.8. The number of benzene rings is 2. The molecule has 0 aliphatic rings. The molecule has 0 fully saturated rings. The normalized spacial score (nSPS) is 12.0. The Hall–Kier alpha value is -1.95. The molecule has 7 heteroatoms. The van der Waals surface area contributed by atoms with E-state index in [4.69, 9.17) is 27.9 Å². The number of halogens is 2. The Morgan fingerprint density at radius 2 is 1.83 bits per heavy atom. The molecule has 0 aliphatic carbocycles. The quantitative estimate of drug-likeness (QED) is 0.268. The largest absolute Gasteiger partial charge is 0.483 e. The molecule has 0 amide bonds. The molecule has 0 bridgehead atoms. The third kappa shape index (κ3) is 5.56. The van der Waals surface area contributed by atoms with Gasteiger partial charge in [-0.2, -0.15) is 0 Å². The van der Waals surface area contributed by atoms with E-state index in [2.05, 4.69) is 35.8 Å².